The first-order valence-corrected chi connectivity index (χ1v) is 13.5. The molecular weight excluding hydrogens is 488 g/mol. The van der Waals surface area contributed by atoms with Crippen LogP contribution in [0.5, 0.6) is 0 Å². The Balaban J connectivity index is 1.16. The lowest BCUT2D eigenvalue weighted by molar-refractivity contribution is -0.117. The van der Waals surface area contributed by atoms with Gasteiger partial charge in [0.1, 0.15) is 5.82 Å². The first kappa shape index (κ1) is 24.7. The van der Waals surface area contributed by atoms with E-state index < -0.39 is 6.10 Å². The molecule has 4 atom stereocenters. The van der Waals surface area contributed by atoms with Crippen LogP contribution in [0.4, 0.5) is 5.82 Å². The molecule has 6 rings (SSSR count). The molecule has 0 unspecified atom stereocenters. The standard InChI is InChI=1S/C29H33ClN4O3/c1-28(24-5-3-4-8-31-24)14-22(28)27(36)33-26-13-19-11-21(23(30)12-20(19)15-32-26)18-6-9-34(10-7-18)29(2)17-37-16-25(29)35/h3-5,8,11-13,15,18,22,25,35H,6-7,9-10,14,16-17H2,1-2H3,(H,32,33,36)/t22-,25-,28+,29+/m1/s1. The van der Waals surface area contributed by atoms with Crippen molar-refractivity contribution in [3.05, 3.63) is 65.1 Å². The summed E-state index contributed by atoms with van der Waals surface area (Å²) >= 11 is 6.74. The van der Waals surface area contributed by atoms with Crippen molar-refractivity contribution in [2.45, 2.75) is 56.1 Å². The molecule has 1 amide bonds. The van der Waals surface area contributed by atoms with Gasteiger partial charge in [-0.3, -0.25) is 14.7 Å². The Morgan fingerprint density at radius 2 is 1.97 bits per heavy atom. The van der Waals surface area contributed by atoms with Gasteiger partial charge in [-0.1, -0.05) is 24.6 Å². The molecule has 0 spiro atoms. The average Bonchev–Trinajstić information content (AvgIpc) is 3.50. The molecule has 0 radical (unpaired) electrons. The molecule has 37 heavy (non-hydrogen) atoms. The summed E-state index contributed by atoms with van der Waals surface area (Å²) in [7, 11) is 0. The van der Waals surface area contributed by atoms with Crippen LogP contribution in [-0.2, 0) is 14.9 Å². The number of aliphatic hydroxyl groups is 1. The second kappa shape index (κ2) is 9.31. The molecule has 1 aromatic carbocycles. The van der Waals surface area contributed by atoms with Gasteiger partial charge in [0, 0.05) is 33.9 Å². The number of pyridine rings is 2. The lowest BCUT2D eigenvalue weighted by atomic mass is 9.85. The van der Waals surface area contributed by atoms with Crippen LogP contribution < -0.4 is 5.32 Å². The average molecular weight is 521 g/mol. The van der Waals surface area contributed by atoms with Crippen LogP contribution in [0.25, 0.3) is 10.8 Å². The summed E-state index contributed by atoms with van der Waals surface area (Å²) in [4.78, 5) is 24.3. The van der Waals surface area contributed by atoms with Gasteiger partial charge in [0.05, 0.1) is 30.8 Å². The quantitative estimate of drug-likeness (QED) is 0.514. The van der Waals surface area contributed by atoms with Crippen LogP contribution in [-0.4, -0.2) is 63.8 Å². The van der Waals surface area contributed by atoms with Crippen LogP contribution in [0.1, 0.15) is 50.3 Å². The molecule has 2 aliphatic heterocycles. The van der Waals surface area contributed by atoms with E-state index in [-0.39, 0.29) is 22.8 Å². The van der Waals surface area contributed by atoms with Crippen LogP contribution in [0.2, 0.25) is 5.02 Å². The number of hydrogen-bond donors (Lipinski definition) is 2. The SMILES string of the molecule is C[C@]1(N2CCC(c3cc4cc(NC(=O)[C@H]5C[C@]5(C)c5ccccn5)ncc4cc3Cl)CC2)COC[C@H]1O. The van der Waals surface area contributed by atoms with Gasteiger partial charge in [0.2, 0.25) is 5.91 Å². The van der Waals surface area contributed by atoms with Crippen LogP contribution in [0.15, 0.2) is 48.8 Å². The molecule has 2 N–H and O–H groups in total. The van der Waals surface area contributed by atoms with Gasteiger partial charge in [-0.15, -0.1) is 0 Å². The largest absolute Gasteiger partial charge is 0.389 e. The molecule has 0 bridgehead atoms. The number of rotatable bonds is 5. The number of benzene rings is 1. The van der Waals surface area contributed by atoms with Crippen molar-refractivity contribution in [3.8, 4) is 0 Å². The highest BCUT2D eigenvalue weighted by Gasteiger charge is 2.56. The Kier molecular flexibility index (Phi) is 6.23. The van der Waals surface area contributed by atoms with E-state index in [2.05, 4.69) is 40.1 Å². The minimum absolute atomic E-state index is 0.0202. The topological polar surface area (TPSA) is 87.6 Å². The van der Waals surface area contributed by atoms with Gasteiger partial charge < -0.3 is 15.2 Å². The second-order valence-corrected chi connectivity index (χ2v) is 11.7. The molecule has 7 nitrogen and oxygen atoms in total. The number of nitrogens with zero attached hydrogens (tertiary/aromatic N) is 3. The molecule has 3 aromatic rings. The number of piperidine rings is 1. The maximum absolute atomic E-state index is 13.0. The number of amides is 1. The monoisotopic (exact) mass is 520 g/mol. The number of ether oxygens (including phenoxy) is 1. The molecule has 194 valence electrons. The molecular formula is C29H33ClN4O3. The van der Waals surface area contributed by atoms with Crippen molar-refractivity contribution in [2.75, 3.05) is 31.6 Å². The highest BCUT2D eigenvalue weighted by atomic mass is 35.5. The third-order valence-corrected chi connectivity index (χ3v) is 9.26. The summed E-state index contributed by atoms with van der Waals surface area (Å²) in [6, 6.07) is 11.9. The Hall–Kier alpha value is -2.58. The Labute approximate surface area is 222 Å². The Morgan fingerprint density at radius 1 is 1.16 bits per heavy atom. The van der Waals surface area contributed by atoms with Crippen molar-refractivity contribution in [3.63, 3.8) is 0 Å². The minimum Gasteiger partial charge on any atom is -0.389 e. The molecule has 8 heteroatoms. The first-order chi connectivity index (χ1) is 17.8. The number of fused-ring (bicyclic) bond motifs is 1. The van der Waals surface area contributed by atoms with Crippen molar-refractivity contribution in [2.24, 2.45) is 5.92 Å². The van der Waals surface area contributed by atoms with E-state index in [9.17, 15) is 9.90 Å². The van der Waals surface area contributed by atoms with E-state index in [0.29, 0.717) is 24.9 Å². The smallest absolute Gasteiger partial charge is 0.229 e. The lowest BCUT2D eigenvalue weighted by Crippen LogP contribution is -2.56. The number of hydrogen-bond acceptors (Lipinski definition) is 6. The third-order valence-electron chi connectivity index (χ3n) is 8.94. The number of carbonyl (C=O) groups excluding carboxylic acids is 1. The fourth-order valence-electron chi connectivity index (χ4n) is 6.17. The Bertz CT molecular complexity index is 1330. The van der Waals surface area contributed by atoms with E-state index in [0.717, 1.165) is 59.4 Å². The predicted molar refractivity (Wildman–Crippen MR) is 144 cm³/mol. The maximum Gasteiger partial charge on any atom is 0.229 e. The van der Waals surface area contributed by atoms with Crippen molar-refractivity contribution in [1.82, 2.24) is 14.9 Å². The lowest BCUT2D eigenvalue weighted by Gasteiger charge is -2.43. The van der Waals surface area contributed by atoms with Crippen LogP contribution >= 0.6 is 11.6 Å². The van der Waals surface area contributed by atoms with Crippen LogP contribution in [0.3, 0.4) is 0 Å². The number of likely N-dealkylation sites (tertiary alicyclic amines) is 1. The molecule has 4 heterocycles. The summed E-state index contributed by atoms with van der Waals surface area (Å²) in [5, 5.41) is 16.2. The molecule has 1 saturated carbocycles. The number of carbonyl (C=O) groups is 1. The normalized spacial score (nSPS) is 30.5. The summed E-state index contributed by atoms with van der Waals surface area (Å²) in [6.07, 6.45) is 5.82. The van der Waals surface area contributed by atoms with E-state index >= 15 is 0 Å². The minimum atomic E-state index is -0.452. The summed E-state index contributed by atoms with van der Waals surface area (Å²) < 4.78 is 5.54. The fraction of sp³-hybridized carbons (Fsp3) is 0.483. The first-order valence-electron chi connectivity index (χ1n) is 13.1. The zero-order valence-corrected chi connectivity index (χ0v) is 22.0. The zero-order valence-electron chi connectivity index (χ0n) is 21.3. The van der Waals surface area contributed by atoms with Gasteiger partial charge in [-0.05, 0) is 86.5 Å². The highest BCUT2D eigenvalue weighted by Crippen LogP contribution is 2.53. The van der Waals surface area contributed by atoms with Gasteiger partial charge in [-0.25, -0.2) is 4.98 Å². The third kappa shape index (κ3) is 4.42. The number of aliphatic hydroxyl groups excluding tert-OH is 1. The van der Waals surface area contributed by atoms with Crippen LogP contribution in [0, 0.1) is 5.92 Å². The summed E-state index contributed by atoms with van der Waals surface area (Å²) in [5.74, 6) is 0.761. The summed E-state index contributed by atoms with van der Waals surface area (Å²) in [5.41, 5.74) is 1.55. The number of halogens is 1. The van der Waals surface area contributed by atoms with Crippen molar-refractivity contribution < 1.29 is 14.6 Å². The zero-order chi connectivity index (χ0) is 25.8. The van der Waals surface area contributed by atoms with Crippen molar-refractivity contribution >= 4 is 34.1 Å². The van der Waals surface area contributed by atoms with Crippen molar-refractivity contribution in [1.29, 1.82) is 0 Å². The molecule has 3 fully saturated rings. The molecule has 1 aliphatic carbocycles. The van der Waals surface area contributed by atoms with E-state index in [1.165, 1.54) is 0 Å². The van der Waals surface area contributed by atoms with E-state index in [1.54, 1.807) is 12.4 Å². The number of aromatic nitrogens is 2. The van der Waals surface area contributed by atoms with E-state index in [4.69, 9.17) is 16.3 Å². The van der Waals surface area contributed by atoms with Gasteiger partial charge in [0.15, 0.2) is 0 Å². The Morgan fingerprint density at radius 3 is 2.68 bits per heavy atom. The molecule has 2 aromatic heterocycles. The second-order valence-electron chi connectivity index (χ2n) is 11.3. The fourth-order valence-corrected chi connectivity index (χ4v) is 6.49. The van der Waals surface area contributed by atoms with E-state index in [1.807, 2.05) is 30.3 Å². The van der Waals surface area contributed by atoms with Gasteiger partial charge in [0.25, 0.3) is 0 Å². The summed E-state index contributed by atoms with van der Waals surface area (Å²) in [6.45, 7) is 6.95. The molecule has 3 aliphatic rings. The highest BCUT2D eigenvalue weighted by molar-refractivity contribution is 6.32. The van der Waals surface area contributed by atoms with Gasteiger partial charge >= 0.3 is 0 Å². The molecule has 2 saturated heterocycles. The maximum atomic E-state index is 13.0. The predicted octanol–water partition coefficient (Wildman–Crippen LogP) is 4.53. The van der Waals surface area contributed by atoms with Gasteiger partial charge in [-0.2, -0.15) is 0 Å². The number of nitrogens with one attached hydrogen (secondary N) is 1. The number of anilines is 1.